The Hall–Kier alpha value is -3.27. The number of aromatic nitrogens is 2. The highest BCUT2D eigenvalue weighted by Gasteiger charge is 2.31. The number of amides is 1. The van der Waals surface area contributed by atoms with E-state index in [1.807, 2.05) is 12.4 Å². The van der Waals surface area contributed by atoms with Crippen LogP contribution in [0.15, 0.2) is 42.7 Å². The van der Waals surface area contributed by atoms with E-state index in [1.165, 1.54) is 29.8 Å². The number of nitrogens with zero attached hydrogens (tertiary/aromatic N) is 3. The molecular weight excluding hydrogens is 471 g/mol. The van der Waals surface area contributed by atoms with Crippen LogP contribution < -0.4 is 10.1 Å². The van der Waals surface area contributed by atoms with E-state index in [9.17, 15) is 18.0 Å². The second kappa shape index (κ2) is 10.0. The molecule has 1 amide bonds. The molecule has 1 aromatic carbocycles. The summed E-state index contributed by atoms with van der Waals surface area (Å²) in [5.74, 6) is -0.224. The van der Waals surface area contributed by atoms with Crippen LogP contribution in [0.4, 0.5) is 18.9 Å². The van der Waals surface area contributed by atoms with Gasteiger partial charge in [-0.15, -0.1) is 13.2 Å². The molecule has 0 spiro atoms. The van der Waals surface area contributed by atoms with Crippen LogP contribution in [0, 0.1) is 0 Å². The Morgan fingerprint density at radius 2 is 1.78 bits per heavy atom. The molecule has 2 fully saturated rings. The smallest absolute Gasteiger partial charge is 0.406 e. The molecule has 0 bridgehead atoms. The van der Waals surface area contributed by atoms with E-state index >= 15 is 0 Å². The van der Waals surface area contributed by atoms with Gasteiger partial charge in [0, 0.05) is 36.3 Å². The fourth-order valence-electron chi connectivity index (χ4n) is 5.20. The normalized spacial score (nSPS) is 18.5. The number of nitrogens with one attached hydrogen (secondary N) is 2. The van der Waals surface area contributed by atoms with Crippen LogP contribution in [0.3, 0.4) is 0 Å². The third-order valence-corrected chi connectivity index (χ3v) is 7.21. The zero-order valence-corrected chi connectivity index (χ0v) is 20.1. The molecule has 4 heterocycles. The zero-order valence-electron chi connectivity index (χ0n) is 20.1. The van der Waals surface area contributed by atoms with Gasteiger partial charge in [0.2, 0.25) is 0 Å². The molecule has 7 nitrogen and oxygen atoms in total. The zero-order chi connectivity index (χ0) is 25.3. The molecule has 0 aliphatic carbocycles. The molecule has 2 N–H and O–H groups in total. The summed E-state index contributed by atoms with van der Waals surface area (Å²) in [4.78, 5) is 24.9. The Labute approximate surface area is 207 Å². The van der Waals surface area contributed by atoms with Crippen molar-refractivity contribution in [3.63, 3.8) is 0 Å². The van der Waals surface area contributed by atoms with Crippen LogP contribution in [0.25, 0.3) is 11.0 Å². The highest BCUT2D eigenvalue weighted by atomic mass is 19.4. The Morgan fingerprint density at radius 3 is 2.44 bits per heavy atom. The molecule has 2 aromatic heterocycles. The number of benzene rings is 1. The number of hydrogen-bond donors (Lipinski definition) is 2. The molecule has 5 rings (SSSR count). The van der Waals surface area contributed by atoms with E-state index < -0.39 is 6.36 Å². The van der Waals surface area contributed by atoms with E-state index in [0.29, 0.717) is 30.6 Å². The average Bonchev–Trinajstić information content (AvgIpc) is 3.28. The van der Waals surface area contributed by atoms with Crippen LogP contribution in [-0.4, -0.2) is 71.3 Å². The van der Waals surface area contributed by atoms with Gasteiger partial charge in [0.25, 0.3) is 5.91 Å². The number of rotatable bonds is 5. The van der Waals surface area contributed by atoms with Gasteiger partial charge < -0.3 is 24.8 Å². The second-order valence-electron chi connectivity index (χ2n) is 9.72. The van der Waals surface area contributed by atoms with Crippen molar-refractivity contribution in [1.29, 1.82) is 0 Å². The van der Waals surface area contributed by atoms with Gasteiger partial charge in [-0.1, -0.05) is 0 Å². The summed E-state index contributed by atoms with van der Waals surface area (Å²) >= 11 is 0. The number of alkyl halides is 3. The lowest BCUT2D eigenvalue weighted by atomic mass is 9.89. The first-order valence-electron chi connectivity index (χ1n) is 12.3. The number of halogens is 3. The molecule has 0 radical (unpaired) electrons. The molecule has 192 valence electrons. The van der Waals surface area contributed by atoms with Crippen molar-refractivity contribution < 1.29 is 22.7 Å². The van der Waals surface area contributed by atoms with Crippen molar-refractivity contribution in [1.82, 2.24) is 19.8 Å². The molecule has 0 saturated carbocycles. The van der Waals surface area contributed by atoms with Crippen molar-refractivity contribution in [3.8, 4) is 5.75 Å². The number of H-pyrrole nitrogens is 1. The summed E-state index contributed by atoms with van der Waals surface area (Å²) in [6.07, 6.45) is 2.99. The molecule has 2 aliphatic rings. The van der Waals surface area contributed by atoms with Gasteiger partial charge in [-0.3, -0.25) is 4.79 Å². The summed E-state index contributed by atoms with van der Waals surface area (Å²) in [6, 6.07) is 7.72. The molecular formula is C26H30F3N5O2. The average molecular weight is 502 g/mol. The van der Waals surface area contributed by atoms with Gasteiger partial charge in [0.15, 0.2) is 0 Å². The van der Waals surface area contributed by atoms with Crippen molar-refractivity contribution in [2.24, 2.45) is 0 Å². The number of aromatic amines is 1. The molecule has 0 atom stereocenters. The van der Waals surface area contributed by atoms with Crippen LogP contribution in [0.1, 0.15) is 47.5 Å². The predicted octanol–water partition coefficient (Wildman–Crippen LogP) is 4.99. The molecule has 36 heavy (non-hydrogen) atoms. The maximum absolute atomic E-state index is 12.9. The third-order valence-electron chi connectivity index (χ3n) is 7.21. The van der Waals surface area contributed by atoms with Gasteiger partial charge in [0.05, 0.1) is 11.9 Å². The third kappa shape index (κ3) is 5.59. The summed E-state index contributed by atoms with van der Waals surface area (Å²) < 4.78 is 41.0. The first-order chi connectivity index (χ1) is 17.2. The van der Waals surface area contributed by atoms with Crippen LogP contribution >= 0.6 is 0 Å². The predicted molar refractivity (Wildman–Crippen MR) is 131 cm³/mol. The number of anilines is 1. The Morgan fingerprint density at radius 1 is 1.08 bits per heavy atom. The molecule has 2 saturated heterocycles. The van der Waals surface area contributed by atoms with Gasteiger partial charge in [-0.05, 0) is 87.6 Å². The number of ether oxygens (including phenoxy) is 1. The van der Waals surface area contributed by atoms with Gasteiger partial charge in [0.1, 0.15) is 11.4 Å². The molecule has 2 aliphatic heterocycles. The number of carbonyl (C=O) groups excluding carboxylic acids is 1. The highest BCUT2D eigenvalue weighted by molar-refractivity contribution is 5.94. The maximum Gasteiger partial charge on any atom is 0.573 e. The van der Waals surface area contributed by atoms with E-state index in [4.69, 9.17) is 0 Å². The van der Waals surface area contributed by atoms with E-state index in [0.717, 1.165) is 55.5 Å². The number of carbonyl (C=O) groups is 1. The maximum atomic E-state index is 12.9. The summed E-state index contributed by atoms with van der Waals surface area (Å²) in [5, 5.41) is 4.75. The summed E-state index contributed by atoms with van der Waals surface area (Å²) in [5.41, 5.74) is 3.45. The number of piperidine rings is 2. The first-order valence-corrected chi connectivity index (χ1v) is 12.3. The summed E-state index contributed by atoms with van der Waals surface area (Å²) in [7, 11) is 2.15. The van der Waals surface area contributed by atoms with Crippen molar-refractivity contribution >= 4 is 22.6 Å². The monoisotopic (exact) mass is 501 g/mol. The molecule has 0 unspecified atom stereocenters. The highest BCUT2D eigenvalue weighted by Crippen LogP contribution is 2.34. The van der Waals surface area contributed by atoms with Crippen molar-refractivity contribution in [2.45, 2.75) is 44.0 Å². The van der Waals surface area contributed by atoms with Crippen molar-refractivity contribution in [3.05, 3.63) is 53.9 Å². The first kappa shape index (κ1) is 24.4. The Balaban J connectivity index is 1.21. The fourth-order valence-corrected chi connectivity index (χ4v) is 5.20. The minimum absolute atomic E-state index is 0.183. The summed E-state index contributed by atoms with van der Waals surface area (Å²) in [6.45, 7) is 3.34. The standard InChI is InChI=1S/C26H30F3N5O2/c1-33-10-8-19(9-11-33)32-20-14-22-23(16-31-24(22)30-15-20)17-6-12-34(13-7-17)25(35)18-2-4-21(5-3-18)36-26(27,28)29/h2-5,14-17,19,32H,6-13H2,1H3,(H,30,31). The number of fused-ring (bicyclic) bond motifs is 1. The van der Waals surface area contributed by atoms with Gasteiger partial charge in [-0.25, -0.2) is 4.98 Å². The lowest BCUT2D eigenvalue weighted by molar-refractivity contribution is -0.274. The molecule has 10 heteroatoms. The Kier molecular flexibility index (Phi) is 6.79. The second-order valence-corrected chi connectivity index (χ2v) is 9.72. The van der Waals surface area contributed by atoms with Crippen LogP contribution in [0.2, 0.25) is 0 Å². The van der Waals surface area contributed by atoms with Crippen molar-refractivity contribution in [2.75, 3.05) is 38.5 Å². The number of hydrogen-bond acceptors (Lipinski definition) is 5. The number of pyridine rings is 1. The lowest BCUT2D eigenvalue weighted by Gasteiger charge is -2.32. The van der Waals surface area contributed by atoms with E-state index in [-0.39, 0.29) is 11.7 Å². The SMILES string of the molecule is CN1CCC(Nc2cnc3[nH]cc(C4CCN(C(=O)c5ccc(OC(F)(F)F)cc5)CC4)c3c2)CC1. The van der Waals surface area contributed by atoms with E-state index in [2.05, 4.69) is 38.0 Å². The topological polar surface area (TPSA) is 73.5 Å². The fraction of sp³-hybridized carbons (Fsp3) is 0.462. The van der Waals surface area contributed by atoms with Gasteiger partial charge in [-0.2, -0.15) is 0 Å². The number of likely N-dealkylation sites (tertiary alicyclic amines) is 2. The molecule has 3 aromatic rings. The quantitative estimate of drug-likeness (QED) is 0.516. The minimum Gasteiger partial charge on any atom is -0.406 e. The lowest BCUT2D eigenvalue weighted by Crippen LogP contribution is -2.37. The van der Waals surface area contributed by atoms with E-state index in [1.54, 1.807) is 4.90 Å². The Bertz CT molecular complexity index is 1190. The largest absolute Gasteiger partial charge is 0.573 e. The van der Waals surface area contributed by atoms with Crippen LogP contribution in [-0.2, 0) is 0 Å². The van der Waals surface area contributed by atoms with Crippen LogP contribution in [0.5, 0.6) is 5.75 Å². The van der Waals surface area contributed by atoms with Gasteiger partial charge >= 0.3 is 6.36 Å². The minimum atomic E-state index is -4.75.